The number of hydrogen-bond acceptors (Lipinski definition) is 4. The van der Waals surface area contributed by atoms with Crippen molar-refractivity contribution in [2.45, 2.75) is 13.2 Å². The van der Waals surface area contributed by atoms with Gasteiger partial charge in [0.1, 0.15) is 0 Å². The third kappa shape index (κ3) is 2.45. The van der Waals surface area contributed by atoms with Crippen LogP contribution in [0.15, 0.2) is 35.3 Å². The van der Waals surface area contributed by atoms with Gasteiger partial charge in [0.2, 0.25) is 0 Å². The Labute approximate surface area is 98.3 Å². The molecule has 0 radical (unpaired) electrons. The average molecular weight is 236 g/mol. The summed E-state index contributed by atoms with van der Waals surface area (Å²) in [6.07, 6.45) is 4.65. The molecule has 0 unspecified atom stereocenters. The second kappa shape index (κ2) is 4.97. The van der Waals surface area contributed by atoms with Crippen LogP contribution < -0.4 is 4.90 Å². The molecule has 1 N–H and O–H groups in total. The lowest BCUT2D eigenvalue weighted by molar-refractivity contribution is 0.275. The highest BCUT2D eigenvalue weighted by molar-refractivity contribution is 5.42. The quantitative estimate of drug-likeness (QED) is 0.881. The molecule has 0 bridgehead atoms. The Bertz CT molecular complexity index is 485. The molecule has 90 valence electrons. The first kappa shape index (κ1) is 11.6. The van der Waals surface area contributed by atoms with Crippen molar-refractivity contribution >= 4 is 5.82 Å². The van der Waals surface area contributed by atoms with Crippen molar-refractivity contribution < 1.29 is 13.9 Å². The van der Waals surface area contributed by atoms with Gasteiger partial charge in [-0.1, -0.05) is 0 Å². The summed E-state index contributed by atoms with van der Waals surface area (Å²) in [7, 11) is 1.74. The van der Waals surface area contributed by atoms with Gasteiger partial charge in [0.15, 0.2) is 11.6 Å². The van der Waals surface area contributed by atoms with Crippen LogP contribution in [0.1, 0.15) is 11.1 Å². The summed E-state index contributed by atoms with van der Waals surface area (Å²) < 4.78 is 18.8. The van der Waals surface area contributed by atoms with Crippen LogP contribution >= 0.6 is 0 Å². The Morgan fingerprint density at radius 2 is 2.29 bits per heavy atom. The van der Waals surface area contributed by atoms with Crippen molar-refractivity contribution in [3.63, 3.8) is 0 Å². The summed E-state index contributed by atoms with van der Waals surface area (Å²) in [5.74, 6) is -0.265. The first-order valence-corrected chi connectivity index (χ1v) is 5.19. The second-order valence-corrected chi connectivity index (χ2v) is 3.75. The summed E-state index contributed by atoms with van der Waals surface area (Å²) >= 11 is 0. The topological polar surface area (TPSA) is 49.5 Å². The number of aliphatic hydroxyl groups is 1. The Morgan fingerprint density at radius 3 is 2.94 bits per heavy atom. The molecule has 4 nitrogen and oxygen atoms in total. The first-order valence-electron chi connectivity index (χ1n) is 5.19. The lowest BCUT2D eigenvalue weighted by atomic mass is 10.2. The first-order chi connectivity index (χ1) is 8.22. The molecule has 0 aromatic carbocycles. The number of aromatic nitrogens is 1. The van der Waals surface area contributed by atoms with E-state index in [4.69, 9.17) is 9.52 Å². The van der Waals surface area contributed by atoms with Gasteiger partial charge < -0.3 is 14.4 Å². The van der Waals surface area contributed by atoms with E-state index in [-0.39, 0.29) is 18.0 Å². The number of halogens is 1. The Morgan fingerprint density at radius 1 is 1.47 bits per heavy atom. The molecule has 0 aliphatic heterocycles. The fraction of sp³-hybridized carbons (Fsp3) is 0.250. The summed E-state index contributed by atoms with van der Waals surface area (Å²) in [6, 6.07) is 3.27. The van der Waals surface area contributed by atoms with Crippen molar-refractivity contribution in [1.29, 1.82) is 0 Å². The highest BCUT2D eigenvalue weighted by Gasteiger charge is 2.13. The monoisotopic (exact) mass is 236 g/mol. The molecule has 0 saturated heterocycles. The van der Waals surface area contributed by atoms with E-state index in [9.17, 15) is 4.39 Å². The van der Waals surface area contributed by atoms with Crippen LogP contribution in [0.4, 0.5) is 10.2 Å². The smallest absolute Gasteiger partial charge is 0.171 e. The van der Waals surface area contributed by atoms with Gasteiger partial charge in [0, 0.05) is 30.9 Å². The number of pyridine rings is 1. The molecule has 2 heterocycles. The van der Waals surface area contributed by atoms with E-state index in [1.165, 1.54) is 12.3 Å². The summed E-state index contributed by atoms with van der Waals surface area (Å²) in [6.45, 7) is 0.163. The zero-order valence-electron chi connectivity index (χ0n) is 9.43. The maximum Gasteiger partial charge on any atom is 0.171 e. The summed E-state index contributed by atoms with van der Waals surface area (Å²) in [5, 5.41) is 8.98. The Hall–Kier alpha value is -1.88. The number of rotatable bonds is 4. The van der Waals surface area contributed by atoms with E-state index in [1.54, 1.807) is 24.5 Å². The Balaban J connectivity index is 2.22. The molecular weight excluding hydrogens is 223 g/mol. The predicted molar refractivity (Wildman–Crippen MR) is 60.9 cm³/mol. The summed E-state index contributed by atoms with van der Waals surface area (Å²) in [4.78, 5) is 5.64. The standard InChI is InChI=1S/C12H13FN2O2/c1-15(6-9-3-5-17-8-9)12-11(13)10(7-16)2-4-14-12/h2-5,8,16H,6-7H2,1H3. The SMILES string of the molecule is CN(Cc1ccoc1)c1nccc(CO)c1F. The fourth-order valence-corrected chi connectivity index (χ4v) is 1.59. The molecule has 0 fully saturated rings. The van der Waals surface area contributed by atoms with Crippen LogP contribution in [-0.2, 0) is 13.2 Å². The van der Waals surface area contributed by atoms with Crippen molar-refractivity contribution in [2.24, 2.45) is 0 Å². The number of hydrogen-bond donors (Lipinski definition) is 1. The molecule has 17 heavy (non-hydrogen) atoms. The molecule has 0 amide bonds. The predicted octanol–water partition coefficient (Wildman–Crippen LogP) is 1.94. The van der Waals surface area contributed by atoms with Gasteiger partial charge >= 0.3 is 0 Å². The van der Waals surface area contributed by atoms with Gasteiger partial charge in [0.25, 0.3) is 0 Å². The lowest BCUT2D eigenvalue weighted by Crippen LogP contribution is -2.19. The zero-order valence-corrected chi connectivity index (χ0v) is 9.43. The van der Waals surface area contributed by atoms with Gasteiger partial charge in [0.05, 0.1) is 19.1 Å². The Kier molecular flexibility index (Phi) is 3.39. The van der Waals surface area contributed by atoms with Crippen LogP contribution in [-0.4, -0.2) is 17.1 Å². The highest BCUT2D eigenvalue weighted by Crippen LogP contribution is 2.20. The maximum atomic E-state index is 13.9. The molecule has 0 aliphatic rings. The lowest BCUT2D eigenvalue weighted by Gasteiger charge is -2.18. The van der Waals surface area contributed by atoms with E-state index in [0.717, 1.165) is 5.56 Å². The van der Waals surface area contributed by atoms with Crippen LogP contribution in [0.5, 0.6) is 0 Å². The van der Waals surface area contributed by atoms with Crippen molar-refractivity contribution in [3.05, 3.63) is 47.8 Å². The van der Waals surface area contributed by atoms with Gasteiger partial charge in [-0.2, -0.15) is 0 Å². The largest absolute Gasteiger partial charge is 0.472 e. The van der Waals surface area contributed by atoms with E-state index >= 15 is 0 Å². The molecule has 5 heteroatoms. The maximum absolute atomic E-state index is 13.9. The second-order valence-electron chi connectivity index (χ2n) is 3.75. The molecule has 2 aromatic heterocycles. The van der Waals surface area contributed by atoms with Gasteiger partial charge in [-0.25, -0.2) is 9.37 Å². The molecule has 2 rings (SSSR count). The molecular formula is C12H13FN2O2. The number of nitrogens with zero attached hydrogens (tertiary/aromatic N) is 2. The number of aliphatic hydroxyl groups excluding tert-OH is 1. The summed E-state index contributed by atoms with van der Waals surface area (Å²) in [5.41, 5.74) is 1.18. The average Bonchev–Trinajstić information content (AvgIpc) is 2.82. The van der Waals surface area contributed by atoms with Gasteiger partial charge in [-0.05, 0) is 12.1 Å². The van der Waals surface area contributed by atoms with E-state index in [1.807, 2.05) is 6.07 Å². The van der Waals surface area contributed by atoms with Gasteiger partial charge in [-0.15, -0.1) is 0 Å². The van der Waals surface area contributed by atoms with Gasteiger partial charge in [-0.3, -0.25) is 0 Å². The third-order valence-electron chi connectivity index (χ3n) is 2.48. The molecule has 0 saturated carbocycles. The number of anilines is 1. The van der Waals surface area contributed by atoms with Crippen LogP contribution in [0, 0.1) is 5.82 Å². The molecule has 0 aliphatic carbocycles. The van der Waals surface area contributed by atoms with Crippen molar-refractivity contribution in [3.8, 4) is 0 Å². The van der Waals surface area contributed by atoms with Crippen LogP contribution in [0.25, 0.3) is 0 Å². The van der Waals surface area contributed by atoms with Crippen molar-refractivity contribution in [1.82, 2.24) is 4.98 Å². The van der Waals surface area contributed by atoms with E-state index in [0.29, 0.717) is 6.54 Å². The fourth-order valence-electron chi connectivity index (χ4n) is 1.59. The molecule has 2 aromatic rings. The molecule has 0 spiro atoms. The minimum absolute atomic E-state index is 0.220. The number of furan rings is 1. The van der Waals surface area contributed by atoms with E-state index in [2.05, 4.69) is 4.98 Å². The minimum Gasteiger partial charge on any atom is -0.472 e. The normalized spacial score (nSPS) is 10.5. The van der Waals surface area contributed by atoms with E-state index < -0.39 is 5.82 Å². The highest BCUT2D eigenvalue weighted by atomic mass is 19.1. The van der Waals surface area contributed by atoms with Crippen LogP contribution in [0.3, 0.4) is 0 Å². The van der Waals surface area contributed by atoms with Crippen LogP contribution in [0.2, 0.25) is 0 Å². The third-order valence-corrected chi connectivity index (χ3v) is 2.48. The van der Waals surface area contributed by atoms with Crippen molar-refractivity contribution in [2.75, 3.05) is 11.9 Å². The molecule has 0 atom stereocenters. The zero-order chi connectivity index (χ0) is 12.3. The minimum atomic E-state index is -0.485.